The Morgan fingerprint density at radius 3 is 2.55 bits per heavy atom. The Morgan fingerprint density at radius 2 is 1.79 bits per heavy atom. The van der Waals surface area contributed by atoms with Crippen molar-refractivity contribution in [3.05, 3.63) is 77.6 Å². The standard InChI is InChI=1S/C26H31N5O2/c1-19-9-10-20(2)23(15-19)33-21(3)26(32)29-24-16-25(28-18-27-24)31-13-11-30(12-14-31)17-22-7-5-4-6-8-22/h4-10,15-16,18,21H,11-14,17H2,1-3H3,(H,27,28,29,32). The van der Waals surface area contributed by atoms with Crippen molar-refractivity contribution in [2.75, 3.05) is 36.4 Å². The fraction of sp³-hybridized carbons (Fsp3) is 0.346. The number of amides is 1. The number of hydrogen-bond donors (Lipinski definition) is 1. The van der Waals surface area contributed by atoms with Crippen LogP contribution in [0.4, 0.5) is 11.6 Å². The molecule has 2 heterocycles. The first-order valence-electron chi connectivity index (χ1n) is 11.4. The van der Waals surface area contributed by atoms with E-state index in [9.17, 15) is 4.79 Å². The number of hydrogen-bond acceptors (Lipinski definition) is 6. The summed E-state index contributed by atoms with van der Waals surface area (Å²) in [4.78, 5) is 26.0. The molecule has 1 aromatic heterocycles. The Kier molecular flexibility index (Phi) is 7.19. The van der Waals surface area contributed by atoms with Gasteiger partial charge in [0.05, 0.1) is 0 Å². The van der Waals surface area contributed by atoms with Crippen LogP contribution in [0.3, 0.4) is 0 Å². The lowest BCUT2D eigenvalue weighted by Gasteiger charge is -2.35. The smallest absolute Gasteiger partial charge is 0.266 e. The van der Waals surface area contributed by atoms with E-state index in [1.807, 2.05) is 44.2 Å². The molecule has 172 valence electrons. The second-order valence-electron chi connectivity index (χ2n) is 8.53. The maximum Gasteiger partial charge on any atom is 0.266 e. The summed E-state index contributed by atoms with van der Waals surface area (Å²) < 4.78 is 5.90. The minimum absolute atomic E-state index is 0.242. The van der Waals surface area contributed by atoms with Gasteiger partial charge in [0.2, 0.25) is 0 Å². The van der Waals surface area contributed by atoms with Gasteiger partial charge in [-0.15, -0.1) is 0 Å². The zero-order valence-electron chi connectivity index (χ0n) is 19.5. The summed E-state index contributed by atoms with van der Waals surface area (Å²) in [5.74, 6) is 1.78. The van der Waals surface area contributed by atoms with E-state index in [1.165, 1.54) is 11.9 Å². The first kappa shape index (κ1) is 22.7. The van der Waals surface area contributed by atoms with E-state index in [0.717, 1.165) is 55.4 Å². The summed E-state index contributed by atoms with van der Waals surface area (Å²) >= 11 is 0. The fourth-order valence-corrected chi connectivity index (χ4v) is 3.87. The average molecular weight is 446 g/mol. The highest BCUT2D eigenvalue weighted by Gasteiger charge is 2.20. The highest BCUT2D eigenvalue weighted by atomic mass is 16.5. The van der Waals surface area contributed by atoms with Crippen molar-refractivity contribution in [2.45, 2.75) is 33.4 Å². The van der Waals surface area contributed by atoms with Gasteiger partial charge >= 0.3 is 0 Å². The molecule has 1 amide bonds. The predicted octanol–water partition coefficient (Wildman–Crippen LogP) is 3.82. The molecule has 1 aliphatic heterocycles. The first-order chi connectivity index (χ1) is 16.0. The Hall–Kier alpha value is -3.45. The highest BCUT2D eigenvalue weighted by molar-refractivity contribution is 5.93. The monoisotopic (exact) mass is 445 g/mol. The van der Waals surface area contributed by atoms with Crippen LogP contribution in [0.25, 0.3) is 0 Å². The number of benzene rings is 2. The molecule has 1 N–H and O–H groups in total. The summed E-state index contributed by atoms with van der Waals surface area (Å²) in [6.07, 6.45) is 0.850. The van der Waals surface area contributed by atoms with Gasteiger partial charge in [0.1, 0.15) is 23.7 Å². The topological polar surface area (TPSA) is 70.6 Å². The summed E-state index contributed by atoms with van der Waals surface area (Å²) in [7, 11) is 0. The number of ether oxygens (including phenoxy) is 1. The maximum absolute atomic E-state index is 12.7. The molecule has 33 heavy (non-hydrogen) atoms. The van der Waals surface area contributed by atoms with Crippen LogP contribution in [0.5, 0.6) is 5.75 Å². The number of carbonyl (C=O) groups excluding carboxylic acids is 1. The molecule has 7 nitrogen and oxygen atoms in total. The van der Waals surface area contributed by atoms with Gasteiger partial charge in [0.15, 0.2) is 6.10 Å². The van der Waals surface area contributed by atoms with Gasteiger partial charge in [0, 0.05) is 38.8 Å². The first-order valence-corrected chi connectivity index (χ1v) is 11.4. The largest absolute Gasteiger partial charge is 0.481 e. The molecule has 0 radical (unpaired) electrons. The molecule has 1 atom stereocenters. The van der Waals surface area contributed by atoms with Crippen LogP contribution in [0.1, 0.15) is 23.6 Å². The molecule has 7 heteroatoms. The number of anilines is 2. The maximum atomic E-state index is 12.7. The van der Waals surface area contributed by atoms with Crippen molar-refractivity contribution in [2.24, 2.45) is 0 Å². The van der Waals surface area contributed by atoms with Gasteiger partial charge in [-0.2, -0.15) is 0 Å². The Labute approximate surface area is 195 Å². The van der Waals surface area contributed by atoms with Gasteiger partial charge in [0.25, 0.3) is 5.91 Å². The molecule has 0 aliphatic carbocycles. The zero-order valence-corrected chi connectivity index (χ0v) is 19.5. The molecule has 4 rings (SSSR count). The van der Waals surface area contributed by atoms with Crippen LogP contribution in [0.2, 0.25) is 0 Å². The van der Waals surface area contributed by atoms with Gasteiger partial charge < -0.3 is 15.0 Å². The summed E-state index contributed by atoms with van der Waals surface area (Å²) in [6.45, 7) is 10.3. The molecular formula is C26H31N5O2. The second kappa shape index (κ2) is 10.4. The van der Waals surface area contributed by atoms with Crippen LogP contribution in [0.15, 0.2) is 60.9 Å². The third kappa shape index (κ3) is 6.08. The molecule has 3 aromatic rings. The van der Waals surface area contributed by atoms with E-state index in [1.54, 1.807) is 6.92 Å². The minimum atomic E-state index is -0.648. The Bertz CT molecular complexity index is 1080. The predicted molar refractivity (Wildman–Crippen MR) is 131 cm³/mol. The van der Waals surface area contributed by atoms with Crippen molar-refractivity contribution in [1.29, 1.82) is 0 Å². The van der Waals surface area contributed by atoms with Crippen LogP contribution in [-0.4, -0.2) is 53.1 Å². The number of aryl methyl sites for hydroxylation is 2. The number of nitrogens with one attached hydrogen (secondary N) is 1. The molecule has 2 aromatic carbocycles. The molecule has 1 fully saturated rings. The number of carbonyl (C=O) groups is 1. The average Bonchev–Trinajstić information content (AvgIpc) is 2.83. The molecule has 0 bridgehead atoms. The summed E-state index contributed by atoms with van der Waals surface area (Å²) in [5, 5.41) is 2.86. The number of nitrogens with zero attached hydrogens (tertiary/aromatic N) is 4. The van der Waals surface area contributed by atoms with Crippen LogP contribution in [-0.2, 0) is 11.3 Å². The fourth-order valence-electron chi connectivity index (χ4n) is 3.87. The lowest BCUT2D eigenvalue weighted by Crippen LogP contribution is -2.46. The van der Waals surface area contributed by atoms with E-state index in [0.29, 0.717) is 5.82 Å². The second-order valence-corrected chi connectivity index (χ2v) is 8.53. The van der Waals surface area contributed by atoms with E-state index >= 15 is 0 Å². The third-order valence-electron chi connectivity index (χ3n) is 5.87. The molecule has 1 aliphatic rings. The SMILES string of the molecule is Cc1ccc(C)c(OC(C)C(=O)Nc2cc(N3CCN(Cc4ccccc4)CC3)ncn2)c1. The molecule has 0 saturated carbocycles. The molecule has 0 spiro atoms. The van der Waals surface area contributed by atoms with E-state index in [4.69, 9.17) is 4.74 Å². The summed E-state index contributed by atoms with van der Waals surface area (Å²) in [6, 6.07) is 18.3. The highest BCUT2D eigenvalue weighted by Crippen LogP contribution is 2.21. The third-order valence-corrected chi connectivity index (χ3v) is 5.87. The van der Waals surface area contributed by atoms with Crippen LogP contribution in [0, 0.1) is 13.8 Å². The lowest BCUT2D eigenvalue weighted by molar-refractivity contribution is -0.122. The van der Waals surface area contributed by atoms with E-state index in [-0.39, 0.29) is 5.91 Å². The van der Waals surface area contributed by atoms with Crippen molar-refractivity contribution in [3.63, 3.8) is 0 Å². The van der Waals surface area contributed by atoms with Crippen molar-refractivity contribution >= 4 is 17.5 Å². The van der Waals surface area contributed by atoms with Crippen molar-refractivity contribution in [1.82, 2.24) is 14.9 Å². The quantitative estimate of drug-likeness (QED) is 0.596. The number of rotatable bonds is 7. The zero-order chi connectivity index (χ0) is 23.2. The molecule has 1 unspecified atom stereocenters. The van der Waals surface area contributed by atoms with Crippen molar-refractivity contribution in [3.8, 4) is 5.75 Å². The lowest BCUT2D eigenvalue weighted by atomic mass is 10.1. The van der Waals surface area contributed by atoms with Crippen LogP contribution < -0.4 is 15.0 Å². The molecular weight excluding hydrogens is 414 g/mol. The Balaban J connectivity index is 1.32. The van der Waals surface area contributed by atoms with Crippen molar-refractivity contribution < 1.29 is 9.53 Å². The Morgan fingerprint density at radius 1 is 1.03 bits per heavy atom. The van der Waals surface area contributed by atoms with Crippen LogP contribution >= 0.6 is 0 Å². The van der Waals surface area contributed by atoms with Gasteiger partial charge in [-0.3, -0.25) is 9.69 Å². The normalized spacial score (nSPS) is 15.2. The van der Waals surface area contributed by atoms with Gasteiger partial charge in [-0.05, 0) is 43.5 Å². The van der Waals surface area contributed by atoms with Gasteiger partial charge in [-0.1, -0.05) is 42.5 Å². The van der Waals surface area contributed by atoms with E-state index < -0.39 is 6.10 Å². The minimum Gasteiger partial charge on any atom is -0.481 e. The number of aromatic nitrogens is 2. The molecule has 1 saturated heterocycles. The summed E-state index contributed by atoms with van der Waals surface area (Å²) in [5.41, 5.74) is 3.42. The van der Waals surface area contributed by atoms with E-state index in [2.05, 4.69) is 49.4 Å². The number of piperazine rings is 1. The van der Waals surface area contributed by atoms with Gasteiger partial charge in [-0.25, -0.2) is 9.97 Å².